The summed E-state index contributed by atoms with van der Waals surface area (Å²) in [5, 5.41) is 0. The Morgan fingerprint density at radius 1 is 1.28 bits per heavy atom. The van der Waals surface area contributed by atoms with Gasteiger partial charge in [-0.2, -0.15) is 0 Å². The van der Waals surface area contributed by atoms with Crippen LogP contribution >= 0.6 is 0 Å². The Hall–Kier alpha value is -1.57. The van der Waals surface area contributed by atoms with Crippen molar-refractivity contribution in [2.75, 3.05) is 0 Å². The van der Waals surface area contributed by atoms with Crippen molar-refractivity contribution in [3.8, 4) is 0 Å². The SMILES string of the molecule is CC.CC(C)n1c2c(c3ncccc31)CCC=C2. The quantitative estimate of drug-likeness (QED) is 0.714. The van der Waals surface area contributed by atoms with Gasteiger partial charge in [0.15, 0.2) is 0 Å². The van der Waals surface area contributed by atoms with E-state index in [1.807, 2.05) is 26.1 Å². The van der Waals surface area contributed by atoms with Crippen molar-refractivity contribution in [2.24, 2.45) is 0 Å². The molecule has 18 heavy (non-hydrogen) atoms. The maximum atomic E-state index is 4.54. The minimum atomic E-state index is 0.484. The smallest absolute Gasteiger partial charge is 0.0919 e. The Labute approximate surface area is 109 Å². The summed E-state index contributed by atoms with van der Waals surface area (Å²) < 4.78 is 2.40. The molecule has 2 aromatic rings. The molecule has 96 valence electrons. The number of aryl methyl sites for hydroxylation is 1. The molecule has 3 rings (SSSR count). The highest BCUT2D eigenvalue weighted by molar-refractivity contribution is 5.85. The van der Waals surface area contributed by atoms with E-state index in [1.165, 1.54) is 22.3 Å². The lowest BCUT2D eigenvalue weighted by molar-refractivity contribution is 0.614. The van der Waals surface area contributed by atoms with Gasteiger partial charge in [-0.3, -0.25) is 4.98 Å². The first-order valence-electron chi connectivity index (χ1n) is 6.93. The Bertz CT molecular complexity index is 562. The summed E-state index contributed by atoms with van der Waals surface area (Å²) in [6.07, 6.45) is 8.67. The molecule has 0 atom stereocenters. The van der Waals surface area contributed by atoms with Gasteiger partial charge in [0.2, 0.25) is 0 Å². The first-order valence-corrected chi connectivity index (χ1v) is 6.93. The average molecular weight is 242 g/mol. The molecule has 1 aliphatic carbocycles. The first-order chi connectivity index (χ1) is 8.79. The zero-order valence-electron chi connectivity index (χ0n) is 11.8. The van der Waals surface area contributed by atoms with Crippen molar-refractivity contribution in [3.05, 3.63) is 35.7 Å². The summed E-state index contributed by atoms with van der Waals surface area (Å²) in [6, 6.07) is 4.68. The van der Waals surface area contributed by atoms with E-state index >= 15 is 0 Å². The van der Waals surface area contributed by atoms with E-state index in [4.69, 9.17) is 0 Å². The fraction of sp³-hybridized carbons (Fsp3) is 0.438. The topological polar surface area (TPSA) is 17.8 Å². The molecule has 0 saturated carbocycles. The van der Waals surface area contributed by atoms with Crippen molar-refractivity contribution in [1.82, 2.24) is 9.55 Å². The Kier molecular flexibility index (Phi) is 3.85. The van der Waals surface area contributed by atoms with E-state index in [9.17, 15) is 0 Å². The molecule has 2 heteroatoms. The summed E-state index contributed by atoms with van der Waals surface area (Å²) in [7, 11) is 0. The first kappa shape index (κ1) is 12.9. The number of rotatable bonds is 1. The maximum absolute atomic E-state index is 4.54. The molecule has 2 nitrogen and oxygen atoms in total. The van der Waals surface area contributed by atoms with Crippen LogP contribution in [0.3, 0.4) is 0 Å². The molecule has 0 N–H and O–H groups in total. The highest BCUT2D eigenvalue weighted by Crippen LogP contribution is 2.32. The fourth-order valence-electron chi connectivity index (χ4n) is 2.63. The molecule has 1 aliphatic rings. The number of fused-ring (bicyclic) bond motifs is 3. The second-order valence-electron chi connectivity index (χ2n) is 4.64. The largest absolute Gasteiger partial charge is 0.337 e. The van der Waals surface area contributed by atoms with E-state index in [0.29, 0.717) is 6.04 Å². The summed E-state index contributed by atoms with van der Waals surface area (Å²) in [5.41, 5.74) is 5.24. The summed E-state index contributed by atoms with van der Waals surface area (Å²) in [5.74, 6) is 0. The predicted octanol–water partition coefficient (Wildman–Crippen LogP) is 4.60. The van der Waals surface area contributed by atoms with Crippen molar-refractivity contribution in [3.63, 3.8) is 0 Å². The molecule has 0 fully saturated rings. The minimum absolute atomic E-state index is 0.484. The monoisotopic (exact) mass is 242 g/mol. The molecule has 2 heterocycles. The van der Waals surface area contributed by atoms with E-state index in [1.54, 1.807) is 0 Å². The molecule has 0 saturated heterocycles. The van der Waals surface area contributed by atoms with Gasteiger partial charge in [-0.1, -0.05) is 19.9 Å². The highest BCUT2D eigenvalue weighted by Gasteiger charge is 2.18. The summed E-state index contributed by atoms with van der Waals surface area (Å²) in [4.78, 5) is 4.54. The van der Waals surface area contributed by atoms with Crippen LogP contribution in [-0.4, -0.2) is 9.55 Å². The van der Waals surface area contributed by atoms with Gasteiger partial charge >= 0.3 is 0 Å². The molecule has 0 unspecified atom stereocenters. The lowest BCUT2D eigenvalue weighted by Crippen LogP contribution is -2.04. The van der Waals surface area contributed by atoms with Gasteiger partial charge in [0.05, 0.1) is 11.0 Å². The van der Waals surface area contributed by atoms with Gasteiger partial charge in [-0.15, -0.1) is 0 Å². The number of nitrogens with zero attached hydrogens (tertiary/aromatic N) is 2. The molecule has 0 aliphatic heterocycles. The van der Waals surface area contributed by atoms with E-state index in [0.717, 1.165) is 12.8 Å². The van der Waals surface area contributed by atoms with Crippen molar-refractivity contribution < 1.29 is 0 Å². The van der Waals surface area contributed by atoms with Crippen molar-refractivity contribution in [1.29, 1.82) is 0 Å². The zero-order valence-corrected chi connectivity index (χ0v) is 11.8. The van der Waals surface area contributed by atoms with Gasteiger partial charge in [-0.25, -0.2) is 0 Å². The van der Waals surface area contributed by atoms with Gasteiger partial charge in [-0.05, 0) is 44.9 Å². The van der Waals surface area contributed by atoms with Crippen LogP contribution in [0.15, 0.2) is 24.4 Å². The van der Waals surface area contributed by atoms with Crippen LogP contribution in [0.4, 0.5) is 0 Å². The number of hydrogen-bond donors (Lipinski definition) is 0. The normalized spacial score (nSPS) is 13.4. The maximum Gasteiger partial charge on any atom is 0.0919 e. The highest BCUT2D eigenvalue weighted by atomic mass is 15.0. The minimum Gasteiger partial charge on any atom is -0.337 e. The van der Waals surface area contributed by atoms with Crippen LogP contribution in [0.2, 0.25) is 0 Å². The van der Waals surface area contributed by atoms with Gasteiger partial charge < -0.3 is 4.57 Å². The third kappa shape index (κ3) is 1.96. The van der Waals surface area contributed by atoms with Crippen LogP contribution in [0.25, 0.3) is 17.1 Å². The molecular formula is C16H22N2. The average Bonchev–Trinajstić information content (AvgIpc) is 2.75. The summed E-state index contributed by atoms with van der Waals surface area (Å²) >= 11 is 0. The number of hydrogen-bond acceptors (Lipinski definition) is 1. The standard InChI is InChI=1S/C14H16N2.C2H6/c1-10(2)16-12-7-4-3-6-11(12)14-13(16)8-5-9-15-14;1-2/h4-5,7-10H,3,6H2,1-2H3;1-2H3. The summed E-state index contributed by atoms with van der Waals surface area (Å²) in [6.45, 7) is 8.46. The Morgan fingerprint density at radius 2 is 2.06 bits per heavy atom. The Morgan fingerprint density at radius 3 is 2.78 bits per heavy atom. The molecule has 0 radical (unpaired) electrons. The number of allylic oxidation sites excluding steroid dienone is 1. The van der Waals surface area contributed by atoms with Crippen LogP contribution in [0.5, 0.6) is 0 Å². The van der Waals surface area contributed by atoms with Crippen molar-refractivity contribution >= 4 is 17.1 Å². The van der Waals surface area contributed by atoms with Crippen LogP contribution < -0.4 is 0 Å². The molecule has 0 spiro atoms. The molecule has 2 aromatic heterocycles. The number of aromatic nitrogens is 2. The molecule has 0 amide bonds. The van der Waals surface area contributed by atoms with Gasteiger partial charge in [0.25, 0.3) is 0 Å². The zero-order chi connectivity index (χ0) is 13.1. The lowest BCUT2D eigenvalue weighted by atomic mass is 10.0. The third-order valence-electron chi connectivity index (χ3n) is 3.25. The molecule has 0 aromatic carbocycles. The van der Waals surface area contributed by atoms with Crippen LogP contribution in [0, 0.1) is 0 Å². The number of pyridine rings is 1. The Balaban J connectivity index is 0.000000574. The third-order valence-corrected chi connectivity index (χ3v) is 3.25. The molecular weight excluding hydrogens is 220 g/mol. The van der Waals surface area contributed by atoms with Crippen molar-refractivity contribution in [2.45, 2.75) is 46.6 Å². The van der Waals surface area contributed by atoms with E-state index in [2.05, 4.69) is 41.6 Å². The lowest BCUT2D eigenvalue weighted by Gasteiger charge is -2.14. The fourth-order valence-corrected chi connectivity index (χ4v) is 2.63. The second-order valence-corrected chi connectivity index (χ2v) is 4.64. The second kappa shape index (κ2) is 5.38. The van der Waals surface area contributed by atoms with Gasteiger partial charge in [0, 0.05) is 23.5 Å². The van der Waals surface area contributed by atoms with Crippen LogP contribution in [-0.2, 0) is 6.42 Å². The molecule has 0 bridgehead atoms. The predicted molar refractivity (Wildman–Crippen MR) is 78.8 cm³/mol. The van der Waals surface area contributed by atoms with E-state index < -0.39 is 0 Å². The van der Waals surface area contributed by atoms with E-state index in [-0.39, 0.29) is 0 Å². The van der Waals surface area contributed by atoms with Gasteiger partial charge in [0.1, 0.15) is 0 Å². The van der Waals surface area contributed by atoms with Crippen LogP contribution in [0.1, 0.15) is 51.4 Å².